The van der Waals surface area contributed by atoms with Gasteiger partial charge in [0.2, 0.25) is 0 Å². The molecule has 0 amide bonds. The zero-order chi connectivity index (χ0) is 16.6. The maximum Gasteiger partial charge on any atom is 0.199 e. The van der Waals surface area contributed by atoms with E-state index in [-0.39, 0.29) is 27.6 Å². The largest absolute Gasteiger partial charge is 0.360 e. The summed E-state index contributed by atoms with van der Waals surface area (Å²) in [6, 6.07) is 3.92. The van der Waals surface area contributed by atoms with Gasteiger partial charge < -0.3 is 4.52 Å². The number of hydrogen-bond donors (Lipinski definition) is 0. The van der Waals surface area contributed by atoms with Crippen LogP contribution in [0.2, 0.25) is 0 Å². The zero-order valence-electron chi connectivity index (χ0n) is 12.1. The van der Waals surface area contributed by atoms with Crippen LogP contribution >= 0.6 is 0 Å². The van der Waals surface area contributed by atoms with Crippen molar-refractivity contribution in [3.63, 3.8) is 0 Å². The third-order valence-electron chi connectivity index (χ3n) is 3.56. The number of nitrogens with zero attached hydrogens (tertiary/aromatic N) is 4. The number of rotatable bonds is 5. The fourth-order valence-corrected chi connectivity index (χ4v) is 3.22. The molecule has 1 aromatic heterocycles. The van der Waals surface area contributed by atoms with Crippen molar-refractivity contribution in [3.8, 4) is 0 Å². The lowest BCUT2D eigenvalue weighted by molar-refractivity contribution is 0.103. The molecule has 1 aliphatic rings. The summed E-state index contributed by atoms with van der Waals surface area (Å²) in [6.45, 7) is 0. The molecule has 1 saturated carbocycles. The lowest BCUT2D eigenvalue weighted by Crippen LogP contribution is -2.10. The van der Waals surface area contributed by atoms with Crippen LogP contribution in [-0.2, 0) is 9.84 Å². The van der Waals surface area contributed by atoms with Crippen LogP contribution in [-0.4, -0.2) is 25.6 Å². The van der Waals surface area contributed by atoms with Gasteiger partial charge in [0.25, 0.3) is 0 Å². The lowest BCUT2D eigenvalue weighted by Gasteiger charge is -2.07. The monoisotopic (exact) mass is 332 g/mol. The van der Waals surface area contributed by atoms with Gasteiger partial charge in [-0.1, -0.05) is 16.3 Å². The molecule has 118 valence electrons. The normalized spacial score (nSPS) is 14.3. The Morgan fingerprint density at radius 1 is 1.39 bits per heavy atom. The maximum absolute atomic E-state index is 12.7. The minimum atomic E-state index is -3.68. The highest BCUT2D eigenvalue weighted by atomic mass is 32.2. The van der Waals surface area contributed by atoms with E-state index in [1.165, 1.54) is 24.4 Å². The van der Waals surface area contributed by atoms with Crippen molar-refractivity contribution in [1.29, 1.82) is 0 Å². The van der Waals surface area contributed by atoms with Crippen LogP contribution < -0.4 is 0 Å². The summed E-state index contributed by atoms with van der Waals surface area (Å²) < 4.78 is 29.1. The fourth-order valence-electron chi connectivity index (χ4n) is 2.32. The van der Waals surface area contributed by atoms with Gasteiger partial charge in [-0.3, -0.25) is 4.79 Å². The first kappa shape index (κ1) is 15.3. The zero-order valence-corrected chi connectivity index (χ0v) is 12.9. The minimum Gasteiger partial charge on any atom is -0.360 e. The molecule has 9 heteroatoms. The van der Waals surface area contributed by atoms with Crippen molar-refractivity contribution in [2.45, 2.75) is 23.7 Å². The van der Waals surface area contributed by atoms with Crippen molar-refractivity contribution >= 4 is 21.3 Å². The Hall–Kier alpha value is -2.64. The second-order valence-corrected chi connectivity index (χ2v) is 7.33. The molecule has 3 rings (SSSR count). The molecule has 1 fully saturated rings. The number of hydrogen-bond acceptors (Lipinski definition) is 6. The van der Waals surface area contributed by atoms with Gasteiger partial charge in [0.15, 0.2) is 21.4 Å². The van der Waals surface area contributed by atoms with Crippen LogP contribution in [0.4, 0.5) is 5.69 Å². The van der Waals surface area contributed by atoms with E-state index in [0.29, 0.717) is 5.76 Å². The Bertz CT molecular complexity index is 937. The fraction of sp³-hybridized carbons (Fsp3) is 0.286. The van der Waals surface area contributed by atoms with Crippen molar-refractivity contribution in [2.24, 2.45) is 5.11 Å². The van der Waals surface area contributed by atoms with Gasteiger partial charge in [-0.25, -0.2) is 8.42 Å². The van der Waals surface area contributed by atoms with Crippen LogP contribution in [0.15, 0.2) is 38.9 Å². The minimum absolute atomic E-state index is 0.00879. The summed E-state index contributed by atoms with van der Waals surface area (Å²) in [5.41, 5.74) is 8.87. The quantitative estimate of drug-likeness (QED) is 0.360. The Kier molecular flexibility index (Phi) is 3.67. The molecule has 0 aliphatic heterocycles. The number of azide groups is 1. The second kappa shape index (κ2) is 5.53. The van der Waals surface area contributed by atoms with Crippen LogP contribution in [0.1, 0.15) is 40.4 Å². The average molecular weight is 332 g/mol. The first-order valence-electron chi connectivity index (χ1n) is 6.80. The van der Waals surface area contributed by atoms with Crippen molar-refractivity contribution in [3.05, 3.63) is 51.7 Å². The number of aromatic nitrogens is 1. The summed E-state index contributed by atoms with van der Waals surface area (Å²) in [7, 11) is -3.68. The molecule has 2 aromatic rings. The molecule has 0 spiro atoms. The Balaban J connectivity index is 2.13. The van der Waals surface area contributed by atoms with Gasteiger partial charge in [0.1, 0.15) is 0 Å². The second-order valence-electron chi connectivity index (χ2n) is 5.35. The number of ketones is 1. The average Bonchev–Trinajstić information content (AvgIpc) is 3.23. The molecule has 0 saturated heterocycles. The van der Waals surface area contributed by atoms with Gasteiger partial charge in [-0.05, 0) is 30.5 Å². The van der Waals surface area contributed by atoms with Crippen LogP contribution in [0.3, 0.4) is 0 Å². The topological polar surface area (TPSA) is 126 Å². The lowest BCUT2D eigenvalue weighted by atomic mass is 10.0. The molecular weight excluding hydrogens is 320 g/mol. The molecule has 1 aromatic carbocycles. The van der Waals surface area contributed by atoms with E-state index in [9.17, 15) is 13.2 Å². The highest BCUT2D eigenvalue weighted by Crippen LogP contribution is 2.42. The molecule has 1 aliphatic carbocycles. The van der Waals surface area contributed by atoms with E-state index < -0.39 is 15.6 Å². The van der Waals surface area contributed by atoms with Gasteiger partial charge >= 0.3 is 0 Å². The molecule has 0 unspecified atom stereocenters. The third kappa shape index (κ3) is 2.96. The molecule has 0 radical (unpaired) electrons. The SMILES string of the molecule is CS(=O)(=O)c1cc(N=[N+]=[N-])ccc1C(=O)c1cnoc1C1CC1. The number of carbonyl (C=O) groups is 1. The number of carbonyl (C=O) groups excluding carboxylic acids is 1. The smallest absolute Gasteiger partial charge is 0.199 e. The molecule has 8 nitrogen and oxygen atoms in total. The van der Waals surface area contributed by atoms with Crippen molar-refractivity contribution in [2.75, 3.05) is 6.26 Å². The van der Waals surface area contributed by atoms with Crippen LogP contribution in [0.25, 0.3) is 10.4 Å². The Labute approximate surface area is 131 Å². The Morgan fingerprint density at radius 3 is 2.74 bits per heavy atom. The highest BCUT2D eigenvalue weighted by molar-refractivity contribution is 7.90. The van der Waals surface area contributed by atoms with Gasteiger partial charge in [-0.2, -0.15) is 0 Å². The molecular formula is C14H12N4O4S. The van der Waals surface area contributed by atoms with E-state index in [1.54, 1.807) is 0 Å². The number of benzene rings is 1. The first-order chi connectivity index (χ1) is 10.9. The maximum atomic E-state index is 12.7. The summed E-state index contributed by atoms with van der Waals surface area (Å²) in [5, 5.41) is 7.03. The van der Waals surface area contributed by atoms with Crippen LogP contribution in [0.5, 0.6) is 0 Å². The first-order valence-corrected chi connectivity index (χ1v) is 8.69. The Morgan fingerprint density at radius 2 is 2.13 bits per heavy atom. The summed E-state index contributed by atoms with van der Waals surface area (Å²) in [6.07, 6.45) is 4.15. The van der Waals surface area contributed by atoms with E-state index in [1.807, 2.05) is 0 Å². The predicted octanol–water partition coefficient (Wildman–Crippen LogP) is 3.13. The molecule has 0 bridgehead atoms. The van der Waals surface area contributed by atoms with Crippen molar-refractivity contribution in [1.82, 2.24) is 5.16 Å². The van der Waals surface area contributed by atoms with Gasteiger partial charge in [0.05, 0.1) is 16.7 Å². The number of sulfone groups is 1. The summed E-state index contributed by atoms with van der Waals surface area (Å²) in [5.74, 6) is 0.190. The summed E-state index contributed by atoms with van der Waals surface area (Å²) in [4.78, 5) is 15.2. The molecule has 0 atom stereocenters. The van der Waals surface area contributed by atoms with E-state index in [4.69, 9.17) is 10.1 Å². The van der Waals surface area contributed by atoms with Crippen LogP contribution in [0, 0.1) is 0 Å². The van der Waals surface area contributed by atoms with Gasteiger partial charge in [0, 0.05) is 28.3 Å². The molecule has 23 heavy (non-hydrogen) atoms. The van der Waals surface area contributed by atoms with Gasteiger partial charge in [-0.15, -0.1) is 0 Å². The van der Waals surface area contributed by atoms with Crippen molar-refractivity contribution < 1.29 is 17.7 Å². The molecule has 0 N–H and O–H groups in total. The van der Waals surface area contributed by atoms with E-state index in [0.717, 1.165) is 19.1 Å². The molecule has 1 heterocycles. The highest BCUT2D eigenvalue weighted by Gasteiger charge is 2.33. The predicted molar refractivity (Wildman–Crippen MR) is 80.3 cm³/mol. The third-order valence-corrected chi connectivity index (χ3v) is 4.70. The summed E-state index contributed by atoms with van der Waals surface area (Å²) >= 11 is 0. The van der Waals surface area contributed by atoms with E-state index in [2.05, 4.69) is 15.2 Å². The van der Waals surface area contributed by atoms with E-state index >= 15 is 0 Å². The standard InChI is InChI=1S/C14H12N4O4S/c1-23(20,21)12-6-9(17-18-15)4-5-10(12)13(19)11-7-16-22-14(11)8-2-3-8/h4-8H,2-3H2,1H3.